The average Bonchev–Trinajstić information content (AvgIpc) is 3.22. The number of aromatic amines is 1. The number of hydrogen-bond donors (Lipinski definition) is 3. The summed E-state index contributed by atoms with van der Waals surface area (Å²) in [6.45, 7) is 5.91. The molecule has 2 aliphatic heterocycles. The quantitative estimate of drug-likeness (QED) is 0.555. The fourth-order valence-corrected chi connectivity index (χ4v) is 4.53. The zero-order valence-corrected chi connectivity index (χ0v) is 18.2. The number of aryl methyl sites for hydroxylation is 1. The topological polar surface area (TPSA) is 103 Å². The summed E-state index contributed by atoms with van der Waals surface area (Å²) in [5.41, 5.74) is 5.92. The van der Waals surface area contributed by atoms with E-state index in [1.807, 2.05) is 31.2 Å². The highest BCUT2D eigenvalue weighted by Gasteiger charge is 2.28. The maximum absolute atomic E-state index is 12.5. The standard InChI is InChI=1S/C24H26N6O2/c1-14-23-29-22-17(7-5-8-19(22)27-14)20-12-18-21(28-20)16(13-26-24(18)32)6-3-4-10-30(23)11-9-25-15(2)31/h3-5,7-8,12,16,28H,6,9-11,13H2,1-2H3,(H,25,31)(H,26,32)/b4-3-. The molecule has 0 fully saturated rings. The van der Waals surface area contributed by atoms with E-state index >= 15 is 0 Å². The largest absolute Gasteiger partial charge is 0.357 e. The van der Waals surface area contributed by atoms with Crippen LogP contribution in [0, 0.1) is 6.92 Å². The summed E-state index contributed by atoms with van der Waals surface area (Å²) in [7, 11) is 0. The first kappa shape index (κ1) is 20.2. The summed E-state index contributed by atoms with van der Waals surface area (Å²) >= 11 is 0. The van der Waals surface area contributed by atoms with E-state index in [0.717, 1.165) is 45.9 Å². The molecule has 164 valence electrons. The molecule has 0 spiro atoms. The number of benzene rings is 1. The lowest BCUT2D eigenvalue weighted by molar-refractivity contribution is -0.118. The van der Waals surface area contributed by atoms with E-state index in [1.165, 1.54) is 6.92 Å². The highest BCUT2D eigenvalue weighted by Crippen LogP contribution is 2.34. The fourth-order valence-electron chi connectivity index (χ4n) is 4.53. The van der Waals surface area contributed by atoms with Gasteiger partial charge in [0.2, 0.25) is 5.91 Å². The van der Waals surface area contributed by atoms with Crippen LogP contribution in [-0.4, -0.2) is 52.9 Å². The third-order valence-electron chi connectivity index (χ3n) is 6.11. The molecule has 4 bridgehead atoms. The van der Waals surface area contributed by atoms with Crippen molar-refractivity contribution in [1.82, 2.24) is 25.6 Å². The summed E-state index contributed by atoms with van der Waals surface area (Å²) in [4.78, 5) is 39.4. The molecule has 0 radical (unpaired) electrons. The highest BCUT2D eigenvalue weighted by atomic mass is 16.2. The van der Waals surface area contributed by atoms with Gasteiger partial charge in [0.1, 0.15) is 5.52 Å². The maximum atomic E-state index is 12.5. The van der Waals surface area contributed by atoms with E-state index in [-0.39, 0.29) is 17.7 Å². The molecule has 4 heterocycles. The van der Waals surface area contributed by atoms with Crippen LogP contribution in [0.15, 0.2) is 36.4 Å². The third kappa shape index (κ3) is 3.62. The minimum Gasteiger partial charge on any atom is -0.357 e. The predicted molar refractivity (Wildman–Crippen MR) is 124 cm³/mol. The number of rotatable bonds is 3. The molecule has 2 aromatic heterocycles. The number of anilines is 1. The van der Waals surface area contributed by atoms with Gasteiger partial charge in [0, 0.05) is 56.0 Å². The Hall–Kier alpha value is -3.68. The van der Waals surface area contributed by atoms with E-state index < -0.39 is 0 Å². The Labute approximate surface area is 186 Å². The zero-order valence-electron chi connectivity index (χ0n) is 18.2. The maximum Gasteiger partial charge on any atom is 0.253 e. The van der Waals surface area contributed by atoms with Crippen molar-refractivity contribution >= 4 is 28.7 Å². The van der Waals surface area contributed by atoms with Crippen molar-refractivity contribution in [3.05, 3.63) is 53.4 Å². The Bertz CT molecular complexity index is 1240. The number of carbonyl (C=O) groups is 2. The smallest absolute Gasteiger partial charge is 0.253 e. The number of amides is 2. The van der Waals surface area contributed by atoms with Crippen LogP contribution in [0.25, 0.3) is 22.3 Å². The summed E-state index contributed by atoms with van der Waals surface area (Å²) < 4.78 is 0. The van der Waals surface area contributed by atoms with Gasteiger partial charge in [-0.2, -0.15) is 0 Å². The number of aromatic nitrogens is 3. The van der Waals surface area contributed by atoms with Gasteiger partial charge in [-0.05, 0) is 25.5 Å². The second kappa shape index (κ2) is 8.11. The highest BCUT2D eigenvalue weighted by molar-refractivity contribution is 6.00. The van der Waals surface area contributed by atoms with Gasteiger partial charge in [0.05, 0.1) is 16.8 Å². The second-order valence-corrected chi connectivity index (χ2v) is 8.36. The molecule has 5 rings (SSSR count). The fraction of sp³-hybridized carbons (Fsp3) is 0.333. The van der Waals surface area contributed by atoms with Crippen LogP contribution in [-0.2, 0) is 4.79 Å². The molecular formula is C24H26N6O2. The van der Waals surface area contributed by atoms with Gasteiger partial charge in [-0.25, -0.2) is 9.97 Å². The number of para-hydroxylation sites is 1. The van der Waals surface area contributed by atoms with Gasteiger partial charge >= 0.3 is 0 Å². The van der Waals surface area contributed by atoms with E-state index in [1.54, 1.807) is 0 Å². The van der Waals surface area contributed by atoms with Crippen LogP contribution >= 0.6 is 0 Å². The Balaban J connectivity index is 1.67. The van der Waals surface area contributed by atoms with Gasteiger partial charge < -0.3 is 20.5 Å². The molecular weight excluding hydrogens is 404 g/mol. The summed E-state index contributed by atoms with van der Waals surface area (Å²) in [6.07, 6.45) is 5.10. The minimum atomic E-state index is -0.0487. The van der Waals surface area contributed by atoms with Crippen LogP contribution in [0.5, 0.6) is 0 Å². The molecule has 1 unspecified atom stereocenters. The number of fused-ring (bicyclic) bond motifs is 3. The summed E-state index contributed by atoms with van der Waals surface area (Å²) in [5.74, 6) is 0.901. The van der Waals surface area contributed by atoms with Crippen molar-refractivity contribution in [3.63, 3.8) is 0 Å². The molecule has 8 nitrogen and oxygen atoms in total. The van der Waals surface area contributed by atoms with Crippen molar-refractivity contribution in [2.24, 2.45) is 0 Å². The van der Waals surface area contributed by atoms with Crippen LogP contribution in [0.3, 0.4) is 0 Å². The van der Waals surface area contributed by atoms with Crippen molar-refractivity contribution in [1.29, 1.82) is 0 Å². The molecule has 3 aromatic rings. The molecule has 3 N–H and O–H groups in total. The molecule has 0 aliphatic carbocycles. The predicted octanol–water partition coefficient (Wildman–Crippen LogP) is 2.66. The molecule has 8 heteroatoms. The van der Waals surface area contributed by atoms with Crippen molar-refractivity contribution in [2.45, 2.75) is 26.2 Å². The monoisotopic (exact) mass is 430 g/mol. The Morgan fingerprint density at radius 2 is 2.12 bits per heavy atom. The lowest BCUT2D eigenvalue weighted by Gasteiger charge is -2.24. The van der Waals surface area contributed by atoms with Crippen LogP contribution < -0.4 is 15.5 Å². The van der Waals surface area contributed by atoms with E-state index in [0.29, 0.717) is 31.7 Å². The van der Waals surface area contributed by atoms with Crippen LogP contribution in [0.2, 0.25) is 0 Å². The molecule has 32 heavy (non-hydrogen) atoms. The Morgan fingerprint density at radius 3 is 2.97 bits per heavy atom. The summed E-state index contributed by atoms with van der Waals surface area (Å²) in [6, 6.07) is 7.87. The second-order valence-electron chi connectivity index (χ2n) is 8.36. The van der Waals surface area contributed by atoms with E-state index in [2.05, 4.69) is 32.7 Å². The molecule has 0 saturated carbocycles. The first-order valence-corrected chi connectivity index (χ1v) is 10.9. The summed E-state index contributed by atoms with van der Waals surface area (Å²) in [5, 5.41) is 5.89. The van der Waals surface area contributed by atoms with Gasteiger partial charge in [0.25, 0.3) is 5.91 Å². The molecule has 1 atom stereocenters. The van der Waals surface area contributed by atoms with Crippen molar-refractivity contribution < 1.29 is 9.59 Å². The van der Waals surface area contributed by atoms with Gasteiger partial charge in [-0.1, -0.05) is 24.3 Å². The lowest BCUT2D eigenvalue weighted by Crippen LogP contribution is -2.35. The number of hydrogen-bond acceptors (Lipinski definition) is 5. The first-order chi connectivity index (χ1) is 15.5. The SMILES string of the molecule is CC(=O)NCCN1C/C=C\CC2CNC(=O)c3cc([nH]c32)-c2cccc3nc(C)c1nc23. The zero-order chi connectivity index (χ0) is 22.2. The van der Waals surface area contributed by atoms with Gasteiger partial charge in [0.15, 0.2) is 5.82 Å². The molecule has 2 amide bonds. The lowest BCUT2D eigenvalue weighted by atomic mass is 9.94. The first-order valence-electron chi connectivity index (χ1n) is 10.9. The molecule has 1 aromatic carbocycles. The van der Waals surface area contributed by atoms with Crippen LogP contribution in [0.4, 0.5) is 5.82 Å². The number of H-pyrrole nitrogens is 1. The van der Waals surface area contributed by atoms with Crippen molar-refractivity contribution in [3.8, 4) is 11.3 Å². The average molecular weight is 431 g/mol. The number of allylic oxidation sites excluding steroid dienone is 1. The van der Waals surface area contributed by atoms with Gasteiger partial charge in [-0.15, -0.1) is 0 Å². The number of nitrogens with one attached hydrogen (secondary N) is 3. The Kier molecular flexibility index (Phi) is 5.13. The van der Waals surface area contributed by atoms with E-state index in [9.17, 15) is 9.59 Å². The molecule has 0 saturated heterocycles. The number of carbonyl (C=O) groups excluding carboxylic acids is 2. The minimum absolute atomic E-state index is 0.0400. The van der Waals surface area contributed by atoms with Crippen LogP contribution in [0.1, 0.15) is 41.0 Å². The normalized spacial score (nSPS) is 18.5. The van der Waals surface area contributed by atoms with Crippen molar-refractivity contribution in [2.75, 3.05) is 31.1 Å². The molecule has 2 aliphatic rings. The van der Waals surface area contributed by atoms with Gasteiger partial charge in [-0.3, -0.25) is 9.59 Å². The number of nitrogens with zero attached hydrogens (tertiary/aromatic N) is 3. The Morgan fingerprint density at radius 1 is 1.25 bits per heavy atom. The van der Waals surface area contributed by atoms with E-state index in [4.69, 9.17) is 9.97 Å². The third-order valence-corrected chi connectivity index (χ3v) is 6.11.